The quantitative estimate of drug-likeness (QED) is 0.682. The van der Waals surface area contributed by atoms with Gasteiger partial charge in [-0.05, 0) is 37.8 Å². The smallest absolute Gasteiger partial charge is 0.356 e. The minimum absolute atomic E-state index is 0.00780. The van der Waals surface area contributed by atoms with E-state index in [1.807, 2.05) is 0 Å². The SMILES string of the molecule is CCn1c(-c2ccc(Cl)c(C(F)F)c2)cn2nc(C(=O)O)c(C3CC3)c2c1=O. The number of nitrogens with zero attached hydrogens (tertiary/aromatic N) is 3. The standard InChI is InChI=1S/C19H16ClF2N3O3/c1-2-24-13(10-5-6-12(20)11(7-10)17(21)22)8-25-16(18(24)26)14(9-3-4-9)15(23-25)19(27)28/h5-9,17H,2-4H2,1H3,(H,27,28). The molecule has 1 N–H and O–H groups in total. The van der Waals surface area contributed by atoms with Crippen LogP contribution in [0.15, 0.2) is 29.2 Å². The summed E-state index contributed by atoms with van der Waals surface area (Å²) >= 11 is 5.85. The fraction of sp³-hybridized carbons (Fsp3) is 0.316. The molecule has 0 saturated heterocycles. The van der Waals surface area contributed by atoms with Crippen molar-refractivity contribution >= 4 is 23.1 Å². The zero-order chi connectivity index (χ0) is 20.2. The summed E-state index contributed by atoms with van der Waals surface area (Å²) in [4.78, 5) is 24.8. The lowest BCUT2D eigenvalue weighted by Gasteiger charge is -2.14. The third-order valence-electron chi connectivity index (χ3n) is 4.96. The molecule has 146 valence electrons. The number of alkyl halides is 2. The van der Waals surface area contributed by atoms with Crippen molar-refractivity contribution in [1.82, 2.24) is 14.2 Å². The summed E-state index contributed by atoms with van der Waals surface area (Å²) in [7, 11) is 0. The van der Waals surface area contributed by atoms with Gasteiger partial charge in [0.1, 0.15) is 5.52 Å². The van der Waals surface area contributed by atoms with Gasteiger partial charge in [0, 0.05) is 28.3 Å². The fourth-order valence-corrected chi connectivity index (χ4v) is 3.71. The van der Waals surface area contributed by atoms with Crippen LogP contribution in [0.4, 0.5) is 8.78 Å². The van der Waals surface area contributed by atoms with Crippen LogP contribution in [-0.2, 0) is 6.54 Å². The molecule has 1 aliphatic rings. The van der Waals surface area contributed by atoms with Gasteiger partial charge in [-0.1, -0.05) is 17.7 Å². The maximum atomic E-state index is 13.2. The molecular formula is C19H16ClF2N3O3. The van der Waals surface area contributed by atoms with Gasteiger partial charge in [0.05, 0.1) is 11.9 Å². The lowest BCUT2D eigenvalue weighted by atomic mass is 10.1. The third kappa shape index (κ3) is 2.88. The van der Waals surface area contributed by atoms with E-state index in [1.165, 1.54) is 27.4 Å². The highest BCUT2D eigenvalue weighted by atomic mass is 35.5. The van der Waals surface area contributed by atoms with Crippen LogP contribution in [0.5, 0.6) is 0 Å². The lowest BCUT2D eigenvalue weighted by molar-refractivity contribution is 0.0689. The Balaban J connectivity index is 2.02. The van der Waals surface area contributed by atoms with Crippen molar-refractivity contribution in [2.75, 3.05) is 0 Å². The van der Waals surface area contributed by atoms with Crippen LogP contribution < -0.4 is 5.56 Å². The Hall–Kier alpha value is -2.74. The van der Waals surface area contributed by atoms with Crippen LogP contribution in [0.25, 0.3) is 16.8 Å². The van der Waals surface area contributed by atoms with Crippen molar-refractivity contribution < 1.29 is 18.7 Å². The van der Waals surface area contributed by atoms with Crippen LogP contribution in [0.1, 0.15) is 53.7 Å². The average Bonchev–Trinajstić information content (AvgIpc) is 3.41. The third-order valence-corrected chi connectivity index (χ3v) is 5.31. The second-order valence-corrected chi connectivity index (χ2v) is 7.14. The average molecular weight is 408 g/mol. The van der Waals surface area contributed by atoms with E-state index in [2.05, 4.69) is 5.10 Å². The number of carbonyl (C=O) groups is 1. The fourth-order valence-electron chi connectivity index (χ4n) is 3.51. The second-order valence-electron chi connectivity index (χ2n) is 6.74. The van der Waals surface area contributed by atoms with Gasteiger partial charge in [0.15, 0.2) is 5.69 Å². The van der Waals surface area contributed by atoms with Crippen LogP contribution in [0, 0.1) is 0 Å². The molecule has 0 unspecified atom stereocenters. The predicted octanol–water partition coefficient (Wildman–Crippen LogP) is 4.35. The first-order valence-electron chi connectivity index (χ1n) is 8.80. The minimum atomic E-state index is -2.76. The van der Waals surface area contributed by atoms with Crippen molar-refractivity contribution in [2.45, 2.75) is 38.7 Å². The highest BCUT2D eigenvalue weighted by molar-refractivity contribution is 6.31. The zero-order valence-electron chi connectivity index (χ0n) is 14.8. The number of fused-ring (bicyclic) bond motifs is 1. The van der Waals surface area contributed by atoms with E-state index in [1.54, 1.807) is 13.0 Å². The molecule has 9 heteroatoms. The molecule has 2 aromatic heterocycles. The van der Waals surface area contributed by atoms with Gasteiger partial charge < -0.3 is 9.67 Å². The van der Waals surface area contributed by atoms with E-state index in [9.17, 15) is 23.5 Å². The van der Waals surface area contributed by atoms with Gasteiger partial charge in [-0.25, -0.2) is 18.1 Å². The normalized spacial score (nSPS) is 14.2. The molecule has 1 aromatic carbocycles. The van der Waals surface area contributed by atoms with E-state index in [4.69, 9.17) is 11.6 Å². The zero-order valence-corrected chi connectivity index (χ0v) is 15.6. The summed E-state index contributed by atoms with van der Waals surface area (Å²) in [5.41, 5.74) is 0.560. The highest BCUT2D eigenvalue weighted by Gasteiger charge is 2.34. The maximum absolute atomic E-state index is 13.2. The highest BCUT2D eigenvalue weighted by Crippen LogP contribution is 2.43. The summed E-state index contributed by atoms with van der Waals surface area (Å²) in [5.74, 6) is -1.19. The monoisotopic (exact) mass is 407 g/mol. The molecule has 0 radical (unpaired) electrons. The van der Waals surface area contributed by atoms with Gasteiger partial charge in [0.2, 0.25) is 0 Å². The molecule has 0 aliphatic heterocycles. The summed E-state index contributed by atoms with van der Waals surface area (Å²) in [6.07, 6.45) is 0.368. The van der Waals surface area contributed by atoms with E-state index >= 15 is 0 Å². The molecule has 1 aliphatic carbocycles. The Bertz CT molecular complexity index is 1170. The van der Waals surface area contributed by atoms with Crippen molar-refractivity contribution in [3.63, 3.8) is 0 Å². The molecule has 0 amide bonds. The van der Waals surface area contributed by atoms with Gasteiger partial charge >= 0.3 is 5.97 Å². The van der Waals surface area contributed by atoms with Crippen LogP contribution in [0.2, 0.25) is 5.02 Å². The molecule has 1 fully saturated rings. The van der Waals surface area contributed by atoms with Crippen molar-refractivity contribution in [3.8, 4) is 11.3 Å². The van der Waals surface area contributed by atoms with E-state index in [0.29, 0.717) is 16.8 Å². The predicted molar refractivity (Wildman–Crippen MR) is 99.5 cm³/mol. The number of halogens is 3. The number of aromatic carboxylic acids is 1. The number of benzene rings is 1. The second kappa shape index (κ2) is 6.70. The van der Waals surface area contributed by atoms with Crippen LogP contribution >= 0.6 is 11.6 Å². The summed E-state index contributed by atoms with van der Waals surface area (Å²) in [5, 5.41) is 13.5. The first-order chi connectivity index (χ1) is 13.3. The van der Waals surface area contributed by atoms with E-state index < -0.39 is 18.0 Å². The van der Waals surface area contributed by atoms with Gasteiger partial charge in [-0.3, -0.25) is 4.79 Å². The van der Waals surface area contributed by atoms with Crippen molar-refractivity contribution in [2.24, 2.45) is 0 Å². The molecule has 6 nitrogen and oxygen atoms in total. The summed E-state index contributed by atoms with van der Waals surface area (Å²) < 4.78 is 29.2. The molecule has 0 atom stereocenters. The number of aromatic nitrogens is 3. The van der Waals surface area contributed by atoms with Crippen LogP contribution in [0.3, 0.4) is 0 Å². The first kappa shape index (κ1) is 18.6. The van der Waals surface area contributed by atoms with Gasteiger partial charge in [-0.2, -0.15) is 5.10 Å². The topological polar surface area (TPSA) is 76.6 Å². The Morgan fingerprint density at radius 3 is 2.68 bits per heavy atom. The molecule has 0 bridgehead atoms. The van der Waals surface area contributed by atoms with Crippen molar-refractivity contribution in [3.05, 3.63) is 56.6 Å². The van der Waals surface area contributed by atoms with E-state index in [-0.39, 0.29) is 34.3 Å². The van der Waals surface area contributed by atoms with Crippen LogP contribution in [-0.4, -0.2) is 25.3 Å². The Labute approximate surface area is 163 Å². The molecule has 28 heavy (non-hydrogen) atoms. The number of hydrogen-bond donors (Lipinski definition) is 1. The maximum Gasteiger partial charge on any atom is 0.356 e. The molecule has 2 heterocycles. The Kier molecular flexibility index (Phi) is 4.45. The number of hydrogen-bond acceptors (Lipinski definition) is 3. The molecule has 3 aromatic rings. The Morgan fingerprint density at radius 1 is 1.39 bits per heavy atom. The molecule has 0 spiro atoms. The molecular weight excluding hydrogens is 392 g/mol. The summed E-state index contributed by atoms with van der Waals surface area (Å²) in [6.45, 7) is 2.05. The minimum Gasteiger partial charge on any atom is -0.476 e. The van der Waals surface area contributed by atoms with E-state index in [0.717, 1.165) is 12.8 Å². The van der Waals surface area contributed by atoms with Gasteiger partial charge in [0.25, 0.3) is 12.0 Å². The largest absolute Gasteiger partial charge is 0.476 e. The van der Waals surface area contributed by atoms with Gasteiger partial charge in [-0.15, -0.1) is 0 Å². The van der Waals surface area contributed by atoms with Crippen molar-refractivity contribution in [1.29, 1.82) is 0 Å². The molecule has 1 saturated carbocycles. The molecule has 4 rings (SSSR count). The lowest BCUT2D eigenvalue weighted by Crippen LogP contribution is -2.24. The number of carboxylic acid groups (broad SMARTS) is 1. The first-order valence-corrected chi connectivity index (χ1v) is 9.18. The number of rotatable bonds is 5. The Morgan fingerprint density at radius 2 is 2.11 bits per heavy atom. The number of carboxylic acids is 1. The summed E-state index contributed by atoms with van der Waals surface area (Å²) in [6, 6.07) is 4.14.